The molecule has 0 unspecified atom stereocenters. The summed E-state index contributed by atoms with van der Waals surface area (Å²) in [5.41, 5.74) is 1.87. The molecule has 2 aromatic rings. The summed E-state index contributed by atoms with van der Waals surface area (Å²) in [5.74, 6) is 1.06. The maximum Gasteiger partial charge on any atom is 0.293 e. The molecule has 0 aromatic heterocycles. The first-order valence-electron chi connectivity index (χ1n) is 9.51. The van der Waals surface area contributed by atoms with E-state index >= 15 is 0 Å². The summed E-state index contributed by atoms with van der Waals surface area (Å²) >= 11 is 5.46. The van der Waals surface area contributed by atoms with Gasteiger partial charge >= 0.3 is 0 Å². The molecule has 2 amide bonds. The van der Waals surface area contributed by atoms with Crippen molar-refractivity contribution in [3.05, 3.63) is 59.6 Å². The topological polar surface area (TPSA) is 55.8 Å². The zero-order chi connectivity index (χ0) is 21.7. The van der Waals surface area contributed by atoms with Crippen molar-refractivity contribution < 1.29 is 19.1 Å². The Morgan fingerprint density at radius 2 is 1.80 bits per heavy atom. The highest BCUT2D eigenvalue weighted by atomic mass is 127. The molecule has 30 heavy (non-hydrogen) atoms. The molecule has 1 fully saturated rings. The monoisotopic (exact) mass is 649 g/mol. The Hall–Kier alpha value is -1.27. The van der Waals surface area contributed by atoms with Gasteiger partial charge in [-0.05, 0) is 112 Å². The van der Waals surface area contributed by atoms with Crippen molar-refractivity contribution in [3.8, 4) is 11.5 Å². The van der Waals surface area contributed by atoms with Gasteiger partial charge in [0, 0.05) is 10.1 Å². The summed E-state index contributed by atoms with van der Waals surface area (Å²) in [7, 11) is 0. The van der Waals surface area contributed by atoms with Crippen LogP contribution >= 0.6 is 56.9 Å². The number of benzene rings is 2. The molecule has 0 aliphatic carbocycles. The Balaban J connectivity index is 1.85. The number of amides is 2. The van der Waals surface area contributed by atoms with Crippen LogP contribution in [0.3, 0.4) is 0 Å². The summed E-state index contributed by atoms with van der Waals surface area (Å²) in [6.45, 7) is 5.22. The van der Waals surface area contributed by atoms with E-state index in [1.807, 2.05) is 50.2 Å². The van der Waals surface area contributed by atoms with Gasteiger partial charge in [0.1, 0.15) is 6.61 Å². The third-order valence-corrected chi connectivity index (χ3v) is 6.67. The van der Waals surface area contributed by atoms with E-state index < -0.39 is 0 Å². The van der Waals surface area contributed by atoms with E-state index in [0.29, 0.717) is 36.2 Å². The van der Waals surface area contributed by atoms with Gasteiger partial charge in [0.05, 0.1) is 15.1 Å². The Kier molecular flexibility index (Phi) is 8.46. The summed E-state index contributed by atoms with van der Waals surface area (Å²) in [6, 6.07) is 11.9. The van der Waals surface area contributed by atoms with Crippen molar-refractivity contribution >= 4 is 74.2 Å². The third kappa shape index (κ3) is 5.70. The van der Waals surface area contributed by atoms with Crippen molar-refractivity contribution in [2.24, 2.45) is 0 Å². The highest BCUT2D eigenvalue weighted by Gasteiger charge is 2.34. The molecule has 0 N–H and O–H groups in total. The number of hydrogen-bond acceptors (Lipinski definition) is 5. The minimum atomic E-state index is -0.237. The minimum absolute atomic E-state index is 0.217. The normalized spacial score (nSPS) is 15.2. The molecular formula is C22H21I2NO4S. The van der Waals surface area contributed by atoms with Crippen LogP contribution in [0.5, 0.6) is 11.5 Å². The number of rotatable bonds is 8. The van der Waals surface area contributed by atoms with E-state index in [4.69, 9.17) is 9.47 Å². The van der Waals surface area contributed by atoms with Crippen LogP contribution in [0, 0.1) is 7.14 Å². The van der Waals surface area contributed by atoms with Gasteiger partial charge in [0.2, 0.25) is 0 Å². The van der Waals surface area contributed by atoms with Gasteiger partial charge in [0.25, 0.3) is 11.1 Å². The van der Waals surface area contributed by atoms with Gasteiger partial charge in [-0.15, -0.1) is 0 Å². The molecule has 0 saturated carbocycles. The van der Waals surface area contributed by atoms with E-state index in [1.165, 1.54) is 8.47 Å². The maximum atomic E-state index is 12.5. The van der Waals surface area contributed by atoms with Gasteiger partial charge in [-0.2, -0.15) is 0 Å². The molecular weight excluding hydrogens is 628 g/mol. The van der Waals surface area contributed by atoms with Crippen LogP contribution in [0.1, 0.15) is 31.4 Å². The molecule has 1 saturated heterocycles. The summed E-state index contributed by atoms with van der Waals surface area (Å²) in [5, 5.41) is -0.217. The first kappa shape index (κ1) is 23.4. The molecule has 0 spiro atoms. The minimum Gasteiger partial charge on any atom is -0.490 e. The van der Waals surface area contributed by atoms with Crippen LogP contribution < -0.4 is 9.47 Å². The Labute approximate surface area is 207 Å². The molecule has 158 valence electrons. The highest BCUT2D eigenvalue weighted by molar-refractivity contribution is 14.1. The van der Waals surface area contributed by atoms with Crippen LogP contribution in [0.2, 0.25) is 0 Å². The zero-order valence-corrected chi connectivity index (χ0v) is 21.7. The van der Waals surface area contributed by atoms with E-state index in [1.54, 1.807) is 6.08 Å². The smallest absolute Gasteiger partial charge is 0.293 e. The SMILES string of the molecule is CCCN1C(=O)S/C(=C/c2cc(I)c(OCc3ccc(I)cc3)c(OCC)c2)C1=O. The number of halogens is 2. The fourth-order valence-corrected chi connectivity index (χ4v) is 4.88. The summed E-state index contributed by atoms with van der Waals surface area (Å²) in [6.07, 6.45) is 2.48. The Bertz CT molecular complexity index is 976. The van der Waals surface area contributed by atoms with Crippen LogP contribution in [0.25, 0.3) is 6.08 Å². The van der Waals surface area contributed by atoms with Crippen molar-refractivity contribution in [3.63, 3.8) is 0 Å². The fraction of sp³-hybridized carbons (Fsp3) is 0.273. The molecule has 0 atom stereocenters. The lowest BCUT2D eigenvalue weighted by atomic mass is 10.1. The summed E-state index contributed by atoms with van der Waals surface area (Å²) in [4.78, 5) is 26.3. The van der Waals surface area contributed by atoms with Gasteiger partial charge in [-0.25, -0.2) is 0 Å². The number of carbonyl (C=O) groups is 2. The number of thioether (sulfide) groups is 1. The number of imide groups is 1. The highest BCUT2D eigenvalue weighted by Crippen LogP contribution is 2.38. The number of ether oxygens (including phenoxy) is 2. The van der Waals surface area contributed by atoms with E-state index in [2.05, 4.69) is 45.2 Å². The third-order valence-electron chi connectivity index (χ3n) is 4.25. The van der Waals surface area contributed by atoms with Gasteiger partial charge in [0.15, 0.2) is 11.5 Å². The second-order valence-electron chi connectivity index (χ2n) is 6.51. The largest absolute Gasteiger partial charge is 0.490 e. The molecule has 3 rings (SSSR count). The second kappa shape index (κ2) is 10.9. The average Bonchev–Trinajstić information content (AvgIpc) is 2.97. The van der Waals surface area contributed by atoms with E-state index in [-0.39, 0.29) is 11.1 Å². The maximum absolute atomic E-state index is 12.5. The second-order valence-corrected chi connectivity index (χ2v) is 9.91. The standard InChI is InChI=1S/C22H21I2NO4S/c1-3-9-25-21(26)19(30-22(25)27)12-15-10-17(24)20(18(11-15)28-4-2)29-13-14-5-7-16(23)8-6-14/h5-8,10-12H,3-4,9,13H2,1-2H3/b19-12+. The van der Waals surface area contributed by atoms with Crippen molar-refractivity contribution in [1.29, 1.82) is 0 Å². The lowest BCUT2D eigenvalue weighted by Gasteiger charge is -2.15. The van der Waals surface area contributed by atoms with Gasteiger partial charge in [-0.3, -0.25) is 14.5 Å². The Morgan fingerprint density at radius 1 is 1.07 bits per heavy atom. The van der Waals surface area contributed by atoms with Crippen molar-refractivity contribution in [1.82, 2.24) is 4.90 Å². The predicted octanol–water partition coefficient (Wildman–Crippen LogP) is 6.32. The van der Waals surface area contributed by atoms with E-state index in [9.17, 15) is 9.59 Å². The quantitative estimate of drug-likeness (QED) is 0.248. The zero-order valence-electron chi connectivity index (χ0n) is 16.6. The molecule has 2 aromatic carbocycles. The van der Waals surface area contributed by atoms with Crippen molar-refractivity contribution in [2.45, 2.75) is 26.9 Å². The first-order valence-corrected chi connectivity index (χ1v) is 12.5. The van der Waals surface area contributed by atoms with Crippen LogP contribution in [-0.4, -0.2) is 29.2 Å². The average molecular weight is 649 g/mol. The molecule has 0 radical (unpaired) electrons. The summed E-state index contributed by atoms with van der Waals surface area (Å²) < 4.78 is 13.9. The van der Waals surface area contributed by atoms with Crippen LogP contribution in [-0.2, 0) is 11.4 Å². The molecule has 0 bridgehead atoms. The van der Waals surface area contributed by atoms with E-state index in [0.717, 1.165) is 32.9 Å². The predicted molar refractivity (Wildman–Crippen MR) is 137 cm³/mol. The van der Waals surface area contributed by atoms with Crippen molar-refractivity contribution in [2.75, 3.05) is 13.2 Å². The number of carbonyl (C=O) groups excluding carboxylic acids is 2. The fourth-order valence-electron chi connectivity index (χ4n) is 2.88. The Morgan fingerprint density at radius 3 is 2.47 bits per heavy atom. The molecule has 1 aliphatic rings. The molecule has 5 nitrogen and oxygen atoms in total. The van der Waals surface area contributed by atoms with Crippen LogP contribution in [0.4, 0.5) is 4.79 Å². The first-order chi connectivity index (χ1) is 14.4. The lowest BCUT2D eigenvalue weighted by molar-refractivity contribution is -0.122. The number of nitrogens with zero attached hydrogens (tertiary/aromatic N) is 1. The van der Waals surface area contributed by atoms with Crippen LogP contribution in [0.15, 0.2) is 41.3 Å². The van der Waals surface area contributed by atoms with Gasteiger partial charge in [-0.1, -0.05) is 19.1 Å². The molecule has 8 heteroatoms. The molecule has 1 aliphatic heterocycles. The lowest BCUT2D eigenvalue weighted by Crippen LogP contribution is -2.28. The van der Waals surface area contributed by atoms with Gasteiger partial charge < -0.3 is 9.47 Å². The molecule has 1 heterocycles. The number of hydrogen-bond donors (Lipinski definition) is 0.